The van der Waals surface area contributed by atoms with Crippen LogP contribution in [0.5, 0.6) is 0 Å². The fraction of sp³-hybridized carbons (Fsp3) is 0.294. The van der Waals surface area contributed by atoms with E-state index in [0.29, 0.717) is 13.1 Å². The molecule has 0 unspecified atom stereocenters. The van der Waals surface area contributed by atoms with E-state index < -0.39 is 5.60 Å². The molecule has 2 aromatic carbocycles. The lowest BCUT2D eigenvalue weighted by atomic mass is 9.86. The van der Waals surface area contributed by atoms with Gasteiger partial charge in [-0.25, -0.2) is 0 Å². The standard InChI is InChI=1S/C17H21NO2/c1-18(12-13-19)14-17(20,15-8-4-2-5-9-15)16-10-6-3-7-11-16/h2-11,19-20H,12-14H2,1H3. The Bertz CT molecular complexity index is 474. The molecule has 20 heavy (non-hydrogen) atoms. The van der Waals surface area contributed by atoms with Crippen molar-refractivity contribution in [2.45, 2.75) is 5.60 Å². The van der Waals surface area contributed by atoms with E-state index in [1.165, 1.54) is 0 Å². The third-order valence-corrected chi connectivity index (χ3v) is 3.48. The maximum absolute atomic E-state index is 11.2. The molecular weight excluding hydrogens is 250 g/mol. The summed E-state index contributed by atoms with van der Waals surface area (Å²) in [6.45, 7) is 1.04. The van der Waals surface area contributed by atoms with Crippen LogP contribution in [0.3, 0.4) is 0 Å². The minimum atomic E-state index is -1.08. The highest BCUT2D eigenvalue weighted by Crippen LogP contribution is 2.30. The molecule has 0 radical (unpaired) electrons. The van der Waals surface area contributed by atoms with Crippen molar-refractivity contribution in [3.63, 3.8) is 0 Å². The van der Waals surface area contributed by atoms with Gasteiger partial charge in [0.1, 0.15) is 5.60 Å². The summed E-state index contributed by atoms with van der Waals surface area (Å²) < 4.78 is 0. The molecule has 0 aliphatic carbocycles. The molecule has 3 nitrogen and oxygen atoms in total. The molecule has 3 heteroatoms. The summed E-state index contributed by atoms with van der Waals surface area (Å²) in [5.41, 5.74) is 0.638. The van der Waals surface area contributed by atoms with E-state index in [1.807, 2.05) is 72.6 Å². The number of rotatable bonds is 6. The number of aliphatic hydroxyl groups excluding tert-OH is 1. The number of hydrogen-bond donors (Lipinski definition) is 2. The summed E-state index contributed by atoms with van der Waals surface area (Å²) in [5.74, 6) is 0. The Labute approximate surface area is 120 Å². The van der Waals surface area contributed by atoms with Crippen molar-refractivity contribution < 1.29 is 10.2 Å². The molecule has 0 bridgehead atoms. The van der Waals surface area contributed by atoms with E-state index in [4.69, 9.17) is 5.11 Å². The van der Waals surface area contributed by atoms with Gasteiger partial charge in [0.2, 0.25) is 0 Å². The highest BCUT2D eigenvalue weighted by Gasteiger charge is 2.32. The lowest BCUT2D eigenvalue weighted by molar-refractivity contribution is 0.0394. The number of hydrogen-bond acceptors (Lipinski definition) is 3. The summed E-state index contributed by atoms with van der Waals surface area (Å²) in [5, 5.41) is 20.3. The first-order chi connectivity index (χ1) is 9.66. The zero-order valence-corrected chi connectivity index (χ0v) is 11.7. The van der Waals surface area contributed by atoms with Crippen molar-refractivity contribution in [1.29, 1.82) is 0 Å². The molecule has 2 N–H and O–H groups in total. The normalized spacial score (nSPS) is 11.8. The molecule has 0 atom stereocenters. The zero-order valence-electron chi connectivity index (χ0n) is 11.7. The second kappa shape index (κ2) is 6.66. The van der Waals surface area contributed by atoms with Crippen LogP contribution in [0.2, 0.25) is 0 Å². The first kappa shape index (κ1) is 14.7. The van der Waals surface area contributed by atoms with Gasteiger partial charge in [-0.15, -0.1) is 0 Å². The minimum Gasteiger partial charge on any atom is -0.395 e. The van der Waals surface area contributed by atoms with Gasteiger partial charge in [-0.05, 0) is 18.2 Å². The van der Waals surface area contributed by atoms with E-state index in [2.05, 4.69) is 0 Å². The van der Waals surface area contributed by atoms with Gasteiger partial charge in [0, 0.05) is 13.1 Å². The van der Waals surface area contributed by atoms with Crippen molar-refractivity contribution >= 4 is 0 Å². The maximum Gasteiger partial charge on any atom is 0.127 e. The number of aliphatic hydroxyl groups is 2. The van der Waals surface area contributed by atoms with E-state index in [-0.39, 0.29) is 6.61 Å². The van der Waals surface area contributed by atoms with Gasteiger partial charge in [0.05, 0.1) is 6.61 Å². The second-order valence-electron chi connectivity index (χ2n) is 5.05. The SMILES string of the molecule is CN(CCO)CC(O)(c1ccccc1)c1ccccc1. The third-order valence-electron chi connectivity index (χ3n) is 3.48. The van der Waals surface area contributed by atoms with Gasteiger partial charge in [-0.3, -0.25) is 0 Å². The topological polar surface area (TPSA) is 43.7 Å². The van der Waals surface area contributed by atoms with Crippen LogP contribution in [0.4, 0.5) is 0 Å². The third kappa shape index (κ3) is 3.25. The molecule has 2 rings (SSSR count). The van der Waals surface area contributed by atoms with Gasteiger partial charge in [0.25, 0.3) is 0 Å². The molecular formula is C17H21NO2. The molecule has 0 aliphatic rings. The molecule has 0 fully saturated rings. The van der Waals surface area contributed by atoms with Crippen LogP contribution in [0, 0.1) is 0 Å². The molecule has 0 spiro atoms. The van der Waals surface area contributed by atoms with Crippen LogP contribution in [-0.2, 0) is 5.60 Å². The Morgan fingerprint density at radius 1 is 0.900 bits per heavy atom. The Kier molecular flexibility index (Phi) is 4.90. The average molecular weight is 271 g/mol. The molecule has 0 aromatic heterocycles. The second-order valence-corrected chi connectivity index (χ2v) is 5.05. The molecule has 0 aliphatic heterocycles. The summed E-state index contributed by atoms with van der Waals surface area (Å²) in [4.78, 5) is 1.93. The van der Waals surface area contributed by atoms with Crippen molar-refractivity contribution in [3.8, 4) is 0 Å². The monoisotopic (exact) mass is 271 g/mol. The largest absolute Gasteiger partial charge is 0.395 e. The molecule has 0 heterocycles. The number of benzene rings is 2. The van der Waals surface area contributed by atoms with E-state index >= 15 is 0 Å². The Balaban J connectivity index is 2.38. The van der Waals surface area contributed by atoms with Gasteiger partial charge in [-0.2, -0.15) is 0 Å². The minimum absolute atomic E-state index is 0.0795. The van der Waals surface area contributed by atoms with Crippen LogP contribution < -0.4 is 0 Å². The van der Waals surface area contributed by atoms with Gasteiger partial charge >= 0.3 is 0 Å². The highest BCUT2D eigenvalue weighted by molar-refractivity contribution is 5.36. The highest BCUT2D eigenvalue weighted by atomic mass is 16.3. The Morgan fingerprint density at radius 3 is 1.75 bits per heavy atom. The fourth-order valence-corrected chi connectivity index (χ4v) is 2.42. The van der Waals surface area contributed by atoms with Crippen LogP contribution in [0.1, 0.15) is 11.1 Å². The summed E-state index contributed by atoms with van der Waals surface area (Å²) in [6, 6.07) is 19.3. The van der Waals surface area contributed by atoms with Crippen LogP contribution >= 0.6 is 0 Å². The molecule has 0 saturated heterocycles. The predicted octanol–water partition coefficient (Wildman–Crippen LogP) is 1.85. The summed E-state index contributed by atoms with van der Waals surface area (Å²) in [6.07, 6.45) is 0. The van der Waals surface area contributed by atoms with Gasteiger partial charge < -0.3 is 15.1 Å². The van der Waals surface area contributed by atoms with E-state index in [0.717, 1.165) is 11.1 Å². The van der Waals surface area contributed by atoms with Gasteiger partial charge in [-0.1, -0.05) is 60.7 Å². The zero-order chi connectivity index (χ0) is 14.4. The smallest absolute Gasteiger partial charge is 0.127 e. The van der Waals surface area contributed by atoms with Crippen LogP contribution in [-0.4, -0.2) is 41.9 Å². The van der Waals surface area contributed by atoms with E-state index in [1.54, 1.807) is 0 Å². The first-order valence-corrected chi connectivity index (χ1v) is 6.79. The lowest BCUT2D eigenvalue weighted by Crippen LogP contribution is -2.41. The molecule has 0 amide bonds. The number of likely N-dealkylation sites (N-methyl/N-ethyl adjacent to an activating group) is 1. The Morgan fingerprint density at radius 2 is 1.35 bits per heavy atom. The molecule has 2 aromatic rings. The maximum atomic E-state index is 11.2. The van der Waals surface area contributed by atoms with Crippen molar-refractivity contribution in [2.75, 3.05) is 26.7 Å². The fourth-order valence-electron chi connectivity index (χ4n) is 2.42. The molecule has 106 valence electrons. The summed E-state index contributed by atoms with van der Waals surface area (Å²) >= 11 is 0. The predicted molar refractivity (Wildman–Crippen MR) is 80.5 cm³/mol. The average Bonchev–Trinajstić information content (AvgIpc) is 2.49. The van der Waals surface area contributed by atoms with Crippen LogP contribution in [0.25, 0.3) is 0 Å². The number of nitrogens with zero attached hydrogens (tertiary/aromatic N) is 1. The summed E-state index contributed by atoms with van der Waals surface area (Å²) in [7, 11) is 1.90. The molecule has 0 saturated carbocycles. The van der Waals surface area contributed by atoms with Crippen molar-refractivity contribution in [3.05, 3.63) is 71.8 Å². The van der Waals surface area contributed by atoms with E-state index in [9.17, 15) is 5.11 Å². The van der Waals surface area contributed by atoms with Crippen molar-refractivity contribution in [2.24, 2.45) is 0 Å². The van der Waals surface area contributed by atoms with Crippen LogP contribution in [0.15, 0.2) is 60.7 Å². The lowest BCUT2D eigenvalue weighted by Gasteiger charge is -2.33. The first-order valence-electron chi connectivity index (χ1n) is 6.79. The van der Waals surface area contributed by atoms with Crippen molar-refractivity contribution in [1.82, 2.24) is 4.90 Å². The quantitative estimate of drug-likeness (QED) is 0.842. The Hall–Kier alpha value is -1.68. The van der Waals surface area contributed by atoms with Gasteiger partial charge in [0.15, 0.2) is 0 Å².